The second kappa shape index (κ2) is 19.2. The zero-order valence-corrected chi connectivity index (χ0v) is 42.4. The van der Waals surface area contributed by atoms with Gasteiger partial charge < -0.3 is 0 Å². The topological polar surface area (TPSA) is 34.1 Å². The number of benzene rings is 1. The molecule has 9 rings (SSSR count). The normalized spacial score (nSPS) is 15.3. The van der Waals surface area contributed by atoms with Crippen LogP contribution >= 0.6 is 68.0 Å². The average Bonchev–Trinajstić information content (AvgIpc) is 4.14. The van der Waals surface area contributed by atoms with Gasteiger partial charge in [0.05, 0.1) is 9.75 Å². The molecule has 324 valence electrons. The lowest BCUT2D eigenvalue weighted by atomic mass is 9.87. The average molecular weight is 933 g/mol. The number of unbranched alkanes of at least 4 members (excludes halogenated alkanes) is 6. The van der Waals surface area contributed by atoms with Crippen LogP contribution in [0.25, 0.3) is 31.3 Å². The fraction of sp³-hybridized carbons (Fsp3) is 0.444. The Labute approximate surface area is 392 Å². The van der Waals surface area contributed by atoms with Gasteiger partial charge in [0, 0.05) is 103 Å². The maximum absolute atomic E-state index is 14.7. The van der Waals surface area contributed by atoms with Crippen LogP contribution in [0.2, 0.25) is 0 Å². The second-order valence-electron chi connectivity index (χ2n) is 17.5. The Balaban J connectivity index is 1.48. The molecule has 2 aliphatic rings. The summed E-state index contributed by atoms with van der Waals surface area (Å²) in [5.41, 5.74) is 6.69. The zero-order valence-electron chi connectivity index (χ0n) is 37.5. The molecule has 0 radical (unpaired) electrons. The summed E-state index contributed by atoms with van der Waals surface area (Å²) in [5.74, 6) is 0.433. The van der Waals surface area contributed by atoms with Gasteiger partial charge in [0.25, 0.3) is 0 Å². The van der Waals surface area contributed by atoms with Crippen LogP contribution < -0.4 is 10.4 Å². The smallest absolute Gasteiger partial charge is 0.205 e. The number of thiophene rings is 6. The Morgan fingerprint density at radius 2 is 0.613 bits per heavy atom. The first-order valence-corrected chi connectivity index (χ1v) is 28.6. The Kier molecular flexibility index (Phi) is 13.7. The number of rotatable bonds is 18. The molecule has 0 saturated carbocycles. The molecule has 0 spiro atoms. The first-order valence-electron chi connectivity index (χ1n) is 23.7. The highest BCUT2D eigenvalue weighted by atomic mass is 32.1. The minimum Gasteiger partial charge on any atom is -0.288 e. The van der Waals surface area contributed by atoms with E-state index >= 15 is 0 Å². The highest BCUT2D eigenvalue weighted by Gasteiger charge is 2.36. The number of fused-ring (bicyclic) bond motifs is 6. The molecule has 0 bridgehead atoms. The molecule has 7 aromatic rings. The van der Waals surface area contributed by atoms with Gasteiger partial charge in [0.15, 0.2) is 0 Å². The Bertz CT molecular complexity index is 2560. The molecule has 1 aromatic carbocycles. The maximum atomic E-state index is 14.7. The summed E-state index contributed by atoms with van der Waals surface area (Å²) in [6, 6.07) is 14.4. The number of aryl methyl sites for hydroxylation is 6. The minimum atomic E-state index is 0.216. The molecule has 6 aromatic heterocycles. The lowest BCUT2D eigenvalue weighted by molar-refractivity contribution is 0.103. The molecule has 0 aliphatic heterocycles. The van der Waals surface area contributed by atoms with Gasteiger partial charge in [0.2, 0.25) is 11.6 Å². The Morgan fingerprint density at radius 3 is 0.919 bits per heavy atom. The fourth-order valence-corrected chi connectivity index (χ4v) is 16.8. The third-order valence-corrected chi connectivity index (χ3v) is 20.0. The third kappa shape index (κ3) is 8.06. The summed E-state index contributed by atoms with van der Waals surface area (Å²) in [6.07, 6.45) is 19.8. The quantitative estimate of drug-likeness (QED) is 0.0859. The summed E-state index contributed by atoms with van der Waals surface area (Å²) in [6.45, 7) is 13.6. The van der Waals surface area contributed by atoms with Crippen molar-refractivity contribution in [1.82, 2.24) is 0 Å². The van der Waals surface area contributed by atoms with E-state index in [4.69, 9.17) is 0 Å². The van der Waals surface area contributed by atoms with Crippen LogP contribution in [0.3, 0.4) is 0 Å². The van der Waals surface area contributed by atoms with Crippen LogP contribution in [0.1, 0.15) is 199 Å². The number of ketones is 2. The highest BCUT2D eigenvalue weighted by Crippen LogP contribution is 2.47. The number of carbonyl (C=O) groups excluding carboxylic acids is 2. The van der Waals surface area contributed by atoms with E-state index in [1.54, 1.807) is 22.7 Å². The maximum Gasteiger partial charge on any atom is 0.205 e. The molecule has 0 saturated heterocycles. The zero-order chi connectivity index (χ0) is 43.1. The fourth-order valence-electron chi connectivity index (χ4n) is 9.38. The van der Waals surface area contributed by atoms with Crippen LogP contribution in [0.4, 0.5) is 0 Å². The van der Waals surface area contributed by atoms with Crippen molar-refractivity contribution < 1.29 is 9.59 Å². The van der Waals surface area contributed by atoms with Crippen molar-refractivity contribution in [2.45, 2.75) is 157 Å². The van der Waals surface area contributed by atoms with Crippen molar-refractivity contribution in [2.24, 2.45) is 0 Å². The van der Waals surface area contributed by atoms with E-state index < -0.39 is 0 Å². The van der Waals surface area contributed by atoms with E-state index in [1.807, 2.05) is 45.3 Å². The van der Waals surface area contributed by atoms with Crippen molar-refractivity contribution >= 4 is 111 Å². The SMILES string of the molecule is CCCCc1cc2c(s1)C(=O)c1cc(CCCC)sc1/C2=c1\c2cc(CCCC)sc2/c(=C2\c3cc(CCCC)sc3C(=O)c3cc(CCCC)sc32)c2cc(CCCC)sc12. The van der Waals surface area contributed by atoms with E-state index in [-0.39, 0.29) is 11.6 Å². The lowest BCUT2D eigenvalue weighted by Crippen LogP contribution is -2.22. The van der Waals surface area contributed by atoms with E-state index in [1.165, 1.54) is 80.8 Å². The molecule has 2 aliphatic carbocycles. The Hall–Kier alpha value is -2.98. The van der Waals surface area contributed by atoms with Crippen molar-refractivity contribution in [3.05, 3.63) is 118 Å². The van der Waals surface area contributed by atoms with Gasteiger partial charge >= 0.3 is 0 Å². The minimum absolute atomic E-state index is 0.216. The second-order valence-corrected chi connectivity index (χ2v) is 24.3. The van der Waals surface area contributed by atoms with Crippen LogP contribution in [0.5, 0.6) is 0 Å². The summed E-state index contributed by atoms with van der Waals surface area (Å²) >= 11 is 11.2. The number of hydrogen-bond donors (Lipinski definition) is 0. The van der Waals surface area contributed by atoms with Gasteiger partial charge in [-0.15, -0.1) is 68.0 Å². The largest absolute Gasteiger partial charge is 0.288 e. The highest BCUT2D eigenvalue weighted by molar-refractivity contribution is 7.21. The van der Waals surface area contributed by atoms with E-state index in [9.17, 15) is 9.59 Å². The summed E-state index contributed by atoms with van der Waals surface area (Å²) in [4.78, 5) is 41.7. The van der Waals surface area contributed by atoms with Crippen LogP contribution in [0.15, 0.2) is 36.4 Å². The predicted molar refractivity (Wildman–Crippen MR) is 275 cm³/mol. The monoisotopic (exact) mass is 932 g/mol. The first-order chi connectivity index (χ1) is 30.3. The molecule has 6 heterocycles. The van der Waals surface area contributed by atoms with E-state index in [0.717, 1.165) is 148 Å². The van der Waals surface area contributed by atoms with Gasteiger partial charge in [0.1, 0.15) is 0 Å². The van der Waals surface area contributed by atoms with Gasteiger partial charge in [-0.25, -0.2) is 0 Å². The van der Waals surface area contributed by atoms with Crippen LogP contribution in [0, 0.1) is 0 Å². The lowest BCUT2D eigenvalue weighted by Gasteiger charge is -2.18. The Morgan fingerprint density at radius 1 is 0.339 bits per heavy atom. The molecular formula is C54H60O2S6. The van der Waals surface area contributed by atoms with Gasteiger partial charge in [-0.3, -0.25) is 9.59 Å². The molecule has 2 nitrogen and oxygen atoms in total. The van der Waals surface area contributed by atoms with E-state index in [2.05, 4.69) is 77.9 Å². The van der Waals surface area contributed by atoms with Crippen LogP contribution in [-0.4, -0.2) is 11.6 Å². The molecule has 0 amide bonds. The molecular weight excluding hydrogens is 873 g/mol. The first kappa shape index (κ1) is 44.2. The van der Waals surface area contributed by atoms with Crippen molar-refractivity contribution in [3.63, 3.8) is 0 Å². The molecule has 0 fully saturated rings. The predicted octanol–water partition coefficient (Wildman–Crippen LogP) is 16.0. The van der Waals surface area contributed by atoms with Gasteiger partial charge in [-0.05, 0) is 113 Å². The van der Waals surface area contributed by atoms with Gasteiger partial charge in [-0.1, -0.05) is 80.1 Å². The third-order valence-electron chi connectivity index (χ3n) is 12.7. The molecule has 8 heteroatoms. The van der Waals surface area contributed by atoms with Gasteiger partial charge in [-0.2, -0.15) is 0 Å². The molecule has 0 unspecified atom stereocenters. The molecule has 62 heavy (non-hydrogen) atoms. The van der Waals surface area contributed by atoms with Crippen molar-refractivity contribution in [3.8, 4) is 0 Å². The number of carbonyl (C=O) groups is 2. The number of hydrogen-bond acceptors (Lipinski definition) is 8. The molecule has 0 atom stereocenters. The summed E-state index contributed by atoms with van der Waals surface area (Å²) in [5, 5.41) is 5.33. The molecule has 0 N–H and O–H groups in total. The standard InChI is InChI=1S/C54H60O2S6/c1-7-13-19-31-25-37-43(45-39-27-33(21-15-9-3)61-53(39)47(55)41-29-35(23-17-11-5)59-51(41)45)50-38(26-32(58-50)20-14-8-2)44(49(37)57-31)46-40-28-34(22-16-10-4)62-54(40)48(56)42-30-36(24-18-12-6)60-52(42)46/h25-30H,7-24H2,1-6H3/b45-43+,46-44+. The summed E-state index contributed by atoms with van der Waals surface area (Å²) < 4.78 is 2.70. The van der Waals surface area contributed by atoms with Crippen molar-refractivity contribution in [1.29, 1.82) is 0 Å². The van der Waals surface area contributed by atoms with E-state index in [0.29, 0.717) is 0 Å². The van der Waals surface area contributed by atoms with Crippen molar-refractivity contribution in [2.75, 3.05) is 0 Å². The summed E-state index contributed by atoms with van der Waals surface area (Å²) in [7, 11) is 0. The van der Waals surface area contributed by atoms with Crippen LogP contribution in [-0.2, 0) is 38.5 Å².